The van der Waals surface area contributed by atoms with Crippen LogP contribution in [-0.2, 0) is 16.6 Å². The van der Waals surface area contributed by atoms with Gasteiger partial charge in [-0.25, -0.2) is 9.07 Å². The number of amides is 1. The Kier molecular flexibility index (Phi) is 5.37. The molecule has 0 radical (unpaired) electrons. The molecule has 0 aliphatic heterocycles. The number of halogens is 1. The van der Waals surface area contributed by atoms with Gasteiger partial charge in [-0.2, -0.15) is 0 Å². The fourth-order valence-electron chi connectivity index (χ4n) is 4.33. The Balaban J connectivity index is 1.62. The standard InChI is InChI=1S/C23H26FN5O/c1-15-26-27-28-29(15)21(14-16-7-6-8-17(24)13-16)22(30)25-20-11-12-23(2,3)19-10-5-4-9-18(19)20/h4-10,13,20-21H,11-12,14H2,1-3H3,(H,25,30). The van der Waals surface area contributed by atoms with Crippen LogP contribution in [0, 0.1) is 12.7 Å². The Bertz CT molecular complexity index is 1060. The minimum Gasteiger partial charge on any atom is -0.347 e. The first kappa shape index (κ1) is 20.2. The third-order valence-corrected chi connectivity index (χ3v) is 6.01. The van der Waals surface area contributed by atoms with Gasteiger partial charge in [-0.1, -0.05) is 50.2 Å². The molecule has 2 atom stereocenters. The molecule has 7 heteroatoms. The molecule has 1 heterocycles. The summed E-state index contributed by atoms with van der Waals surface area (Å²) in [4.78, 5) is 13.4. The average molecular weight is 407 g/mol. The SMILES string of the molecule is Cc1nnnn1C(Cc1cccc(F)c1)C(=O)NC1CCC(C)(C)c2ccccc21. The summed E-state index contributed by atoms with van der Waals surface area (Å²) in [5.41, 5.74) is 3.21. The zero-order valence-corrected chi connectivity index (χ0v) is 17.5. The van der Waals surface area contributed by atoms with E-state index in [9.17, 15) is 9.18 Å². The number of hydrogen-bond acceptors (Lipinski definition) is 4. The third-order valence-electron chi connectivity index (χ3n) is 6.01. The lowest BCUT2D eigenvalue weighted by molar-refractivity contribution is -0.125. The van der Waals surface area contributed by atoms with Crippen LogP contribution in [0.4, 0.5) is 4.39 Å². The van der Waals surface area contributed by atoms with Gasteiger partial charge < -0.3 is 5.32 Å². The zero-order chi connectivity index (χ0) is 21.3. The van der Waals surface area contributed by atoms with Crippen LogP contribution in [-0.4, -0.2) is 26.1 Å². The number of hydrogen-bond donors (Lipinski definition) is 1. The lowest BCUT2D eigenvalue weighted by Gasteiger charge is -2.37. The van der Waals surface area contributed by atoms with E-state index < -0.39 is 6.04 Å². The van der Waals surface area contributed by atoms with Gasteiger partial charge in [-0.05, 0) is 64.4 Å². The minimum atomic E-state index is -0.663. The van der Waals surface area contributed by atoms with E-state index in [0.717, 1.165) is 24.0 Å². The van der Waals surface area contributed by atoms with E-state index in [1.807, 2.05) is 18.2 Å². The Morgan fingerprint density at radius 3 is 2.80 bits per heavy atom. The van der Waals surface area contributed by atoms with E-state index in [2.05, 4.69) is 46.8 Å². The molecule has 1 aliphatic rings. The van der Waals surface area contributed by atoms with Crippen molar-refractivity contribution in [3.8, 4) is 0 Å². The maximum Gasteiger partial charge on any atom is 0.245 e. The number of aromatic nitrogens is 4. The second-order valence-electron chi connectivity index (χ2n) is 8.59. The van der Waals surface area contributed by atoms with Gasteiger partial charge in [0.2, 0.25) is 5.91 Å². The molecule has 156 valence electrons. The molecule has 2 unspecified atom stereocenters. The Morgan fingerprint density at radius 1 is 1.27 bits per heavy atom. The van der Waals surface area contributed by atoms with Crippen LogP contribution in [0.5, 0.6) is 0 Å². The van der Waals surface area contributed by atoms with Gasteiger partial charge in [-0.15, -0.1) is 5.10 Å². The fraction of sp³-hybridized carbons (Fsp3) is 0.391. The van der Waals surface area contributed by atoms with Crippen molar-refractivity contribution in [1.29, 1.82) is 0 Å². The summed E-state index contributed by atoms with van der Waals surface area (Å²) in [6.07, 6.45) is 2.14. The van der Waals surface area contributed by atoms with E-state index in [0.29, 0.717) is 12.2 Å². The number of tetrazole rings is 1. The molecular weight excluding hydrogens is 381 g/mol. The maximum atomic E-state index is 13.7. The molecule has 2 aromatic carbocycles. The summed E-state index contributed by atoms with van der Waals surface area (Å²) >= 11 is 0. The summed E-state index contributed by atoms with van der Waals surface area (Å²) in [6, 6.07) is 13.8. The van der Waals surface area contributed by atoms with Crippen molar-refractivity contribution in [3.63, 3.8) is 0 Å². The van der Waals surface area contributed by atoms with Crippen LogP contribution in [0.25, 0.3) is 0 Å². The van der Waals surface area contributed by atoms with Gasteiger partial charge in [0, 0.05) is 6.42 Å². The second-order valence-corrected chi connectivity index (χ2v) is 8.59. The predicted octanol–water partition coefficient (Wildman–Crippen LogP) is 3.83. The average Bonchev–Trinajstić information content (AvgIpc) is 3.14. The molecule has 6 nitrogen and oxygen atoms in total. The molecule has 1 aromatic heterocycles. The number of nitrogens with zero attached hydrogens (tertiary/aromatic N) is 4. The van der Waals surface area contributed by atoms with Gasteiger partial charge in [-0.3, -0.25) is 4.79 Å². The van der Waals surface area contributed by atoms with Crippen molar-refractivity contribution >= 4 is 5.91 Å². The predicted molar refractivity (Wildman–Crippen MR) is 111 cm³/mol. The Hall–Kier alpha value is -3.09. The van der Waals surface area contributed by atoms with E-state index in [4.69, 9.17) is 0 Å². The first-order chi connectivity index (χ1) is 14.3. The molecule has 0 saturated carbocycles. The van der Waals surface area contributed by atoms with E-state index in [1.165, 1.54) is 22.4 Å². The summed E-state index contributed by atoms with van der Waals surface area (Å²) < 4.78 is 15.2. The molecule has 0 bridgehead atoms. The van der Waals surface area contributed by atoms with Gasteiger partial charge in [0.05, 0.1) is 6.04 Å². The van der Waals surface area contributed by atoms with E-state index in [1.54, 1.807) is 13.0 Å². The van der Waals surface area contributed by atoms with Crippen molar-refractivity contribution in [2.75, 3.05) is 0 Å². The molecule has 3 aromatic rings. The number of benzene rings is 2. The van der Waals surface area contributed by atoms with Crippen LogP contribution in [0.1, 0.15) is 61.3 Å². The molecule has 1 aliphatic carbocycles. The van der Waals surface area contributed by atoms with Crippen LogP contribution in [0.3, 0.4) is 0 Å². The Labute approximate surface area is 175 Å². The Morgan fingerprint density at radius 2 is 2.07 bits per heavy atom. The number of carbonyl (C=O) groups excluding carboxylic acids is 1. The molecule has 30 heavy (non-hydrogen) atoms. The maximum absolute atomic E-state index is 13.7. The molecule has 1 N–H and O–H groups in total. The fourth-order valence-corrected chi connectivity index (χ4v) is 4.33. The highest BCUT2D eigenvalue weighted by atomic mass is 19.1. The van der Waals surface area contributed by atoms with Gasteiger partial charge in [0.15, 0.2) is 0 Å². The van der Waals surface area contributed by atoms with Gasteiger partial charge >= 0.3 is 0 Å². The van der Waals surface area contributed by atoms with Crippen LogP contribution >= 0.6 is 0 Å². The largest absolute Gasteiger partial charge is 0.347 e. The summed E-state index contributed by atoms with van der Waals surface area (Å²) in [5.74, 6) is 0.0365. The monoisotopic (exact) mass is 407 g/mol. The highest BCUT2D eigenvalue weighted by molar-refractivity contribution is 5.81. The summed E-state index contributed by atoms with van der Waals surface area (Å²) in [7, 11) is 0. The molecular formula is C23H26FN5O. The second kappa shape index (κ2) is 7.97. The number of aryl methyl sites for hydroxylation is 1. The first-order valence-corrected chi connectivity index (χ1v) is 10.2. The smallest absolute Gasteiger partial charge is 0.245 e. The van der Waals surface area contributed by atoms with Crippen LogP contribution in [0.15, 0.2) is 48.5 Å². The van der Waals surface area contributed by atoms with Gasteiger partial charge in [0.25, 0.3) is 0 Å². The van der Waals surface area contributed by atoms with Crippen molar-refractivity contribution in [3.05, 3.63) is 76.9 Å². The van der Waals surface area contributed by atoms with Crippen molar-refractivity contribution in [1.82, 2.24) is 25.5 Å². The summed E-state index contributed by atoms with van der Waals surface area (Å²) in [5, 5.41) is 14.9. The molecule has 4 rings (SSSR count). The summed E-state index contributed by atoms with van der Waals surface area (Å²) in [6.45, 7) is 6.23. The normalized spacial score (nSPS) is 18.5. The molecule has 1 amide bonds. The minimum absolute atomic E-state index is 0.0746. The quantitative estimate of drug-likeness (QED) is 0.698. The number of rotatable bonds is 5. The zero-order valence-electron chi connectivity index (χ0n) is 17.5. The lowest BCUT2D eigenvalue weighted by Crippen LogP contribution is -2.40. The molecule has 0 saturated heterocycles. The first-order valence-electron chi connectivity index (χ1n) is 10.2. The van der Waals surface area contributed by atoms with Crippen LogP contribution in [0.2, 0.25) is 0 Å². The third kappa shape index (κ3) is 3.97. The topological polar surface area (TPSA) is 72.7 Å². The highest BCUT2D eigenvalue weighted by Crippen LogP contribution is 2.41. The highest BCUT2D eigenvalue weighted by Gasteiger charge is 2.34. The van der Waals surface area contributed by atoms with Gasteiger partial charge in [0.1, 0.15) is 17.7 Å². The van der Waals surface area contributed by atoms with E-state index >= 15 is 0 Å². The van der Waals surface area contributed by atoms with Crippen LogP contribution < -0.4 is 5.32 Å². The lowest BCUT2D eigenvalue weighted by atomic mass is 9.71. The number of carbonyl (C=O) groups is 1. The number of fused-ring (bicyclic) bond motifs is 1. The van der Waals surface area contributed by atoms with Crippen molar-refractivity contribution in [2.45, 2.75) is 57.5 Å². The molecule has 0 fully saturated rings. The van der Waals surface area contributed by atoms with Crippen molar-refractivity contribution < 1.29 is 9.18 Å². The van der Waals surface area contributed by atoms with Crippen molar-refractivity contribution in [2.24, 2.45) is 0 Å². The number of nitrogens with one attached hydrogen (secondary N) is 1. The van der Waals surface area contributed by atoms with E-state index in [-0.39, 0.29) is 23.2 Å². The molecule has 0 spiro atoms.